The van der Waals surface area contributed by atoms with Crippen molar-refractivity contribution in [3.05, 3.63) is 0 Å². The van der Waals surface area contributed by atoms with Crippen LogP contribution in [-0.2, 0) is 27.3 Å². The fourth-order valence-electron chi connectivity index (χ4n) is 0.609. The van der Waals surface area contributed by atoms with Crippen molar-refractivity contribution in [3.63, 3.8) is 0 Å². The van der Waals surface area contributed by atoms with Crippen LogP contribution in [0, 0.1) is 0 Å². The zero-order valence-electron chi connectivity index (χ0n) is 14.6. The van der Waals surface area contributed by atoms with Crippen LogP contribution in [-0.4, -0.2) is 54.5 Å². The zero-order chi connectivity index (χ0) is 19.9. The molecule has 0 amide bonds. The Morgan fingerprint density at radius 1 is 0.538 bits per heavy atom. The molecule has 0 atom stereocenters. The molecular weight excluding hydrogens is 447 g/mol. The van der Waals surface area contributed by atoms with E-state index in [1.807, 2.05) is 0 Å². The molecule has 26 heavy (non-hydrogen) atoms. The van der Waals surface area contributed by atoms with Gasteiger partial charge in [0.05, 0.1) is 43.3 Å². The Labute approximate surface area is 174 Å². The van der Waals surface area contributed by atoms with Crippen LogP contribution in [0.15, 0.2) is 0 Å². The van der Waals surface area contributed by atoms with Crippen molar-refractivity contribution in [3.8, 4) is 0 Å². The van der Waals surface area contributed by atoms with Gasteiger partial charge in [-0.05, 0) is 19.3 Å². The Morgan fingerprint density at radius 3 is 0.731 bits per heavy atom. The van der Waals surface area contributed by atoms with Crippen molar-refractivity contribution in [1.29, 1.82) is 0 Å². The Bertz CT molecular complexity index is 358. The van der Waals surface area contributed by atoms with E-state index in [1.165, 1.54) is 0 Å². The fraction of sp³-hybridized carbons (Fsp3) is 1.00. The van der Waals surface area contributed by atoms with Crippen molar-refractivity contribution in [2.24, 2.45) is 0 Å². The SMILES string of the molecule is CCCOP(=O)([O-])[O-].CCCOP(=O)([O-])[O-].CCCOP(=O)([O-])[O-].[Al+3].[Al+3]. The summed E-state index contributed by atoms with van der Waals surface area (Å²) in [5, 5.41) is 0. The van der Waals surface area contributed by atoms with E-state index in [-0.39, 0.29) is 54.5 Å². The molecule has 0 radical (unpaired) electrons. The van der Waals surface area contributed by atoms with Gasteiger partial charge in [0.15, 0.2) is 0 Å². The van der Waals surface area contributed by atoms with Crippen molar-refractivity contribution >= 4 is 58.2 Å². The van der Waals surface area contributed by atoms with E-state index in [4.69, 9.17) is 0 Å². The molecule has 0 aromatic rings. The largest absolute Gasteiger partial charge is 3.00 e. The number of phosphoric acid groups is 3. The monoisotopic (exact) mass is 468 g/mol. The predicted octanol–water partition coefficient (Wildman–Crippen LogP) is -3.04. The summed E-state index contributed by atoms with van der Waals surface area (Å²) < 4.78 is 40.4. The first-order valence-corrected chi connectivity index (χ1v) is 11.1. The van der Waals surface area contributed by atoms with Gasteiger partial charge in [-0.15, -0.1) is 0 Å². The normalized spacial score (nSPS) is 11.0. The van der Waals surface area contributed by atoms with Gasteiger partial charge in [0.2, 0.25) is 0 Å². The van der Waals surface area contributed by atoms with Crippen LogP contribution in [0.3, 0.4) is 0 Å². The second-order valence-electron chi connectivity index (χ2n) is 3.84. The minimum atomic E-state index is -4.68. The summed E-state index contributed by atoms with van der Waals surface area (Å²) in [5.41, 5.74) is 0. The third-order valence-corrected chi connectivity index (χ3v) is 2.86. The van der Waals surface area contributed by atoms with E-state index in [2.05, 4.69) is 13.6 Å². The average Bonchev–Trinajstić information content (AvgIpc) is 2.39. The fourth-order valence-corrected chi connectivity index (χ4v) is 1.83. The Balaban J connectivity index is -0.0000000817. The molecule has 12 nitrogen and oxygen atoms in total. The second kappa shape index (κ2) is 21.1. The van der Waals surface area contributed by atoms with E-state index in [0.29, 0.717) is 19.3 Å². The standard InChI is InChI=1S/3C3H9O4P.2Al/c3*1-2-3-7-8(4,5)6;;/h3*2-3H2,1H3,(H2,4,5,6);;/q;;;2*+3/p-6. The van der Waals surface area contributed by atoms with Gasteiger partial charge in [-0.1, -0.05) is 20.8 Å². The summed E-state index contributed by atoms with van der Waals surface area (Å²) in [7, 11) is -14.0. The van der Waals surface area contributed by atoms with Gasteiger partial charge in [-0.25, -0.2) is 0 Å². The van der Waals surface area contributed by atoms with Gasteiger partial charge in [0.1, 0.15) is 0 Å². The van der Waals surface area contributed by atoms with Gasteiger partial charge >= 0.3 is 34.7 Å². The molecular formula is C9H21Al2O12P3. The van der Waals surface area contributed by atoms with Gasteiger partial charge < -0.3 is 56.6 Å². The summed E-state index contributed by atoms with van der Waals surface area (Å²) in [6.07, 6.45) is 1.61. The van der Waals surface area contributed by atoms with Gasteiger partial charge in [-0.3, -0.25) is 0 Å². The van der Waals surface area contributed by atoms with Crippen LogP contribution in [0.1, 0.15) is 40.0 Å². The molecule has 0 bridgehead atoms. The summed E-state index contributed by atoms with van der Waals surface area (Å²) in [6, 6.07) is 0. The first-order chi connectivity index (χ1) is 10.7. The van der Waals surface area contributed by atoms with Crippen LogP contribution in [0.25, 0.3) is 0 Å². The third-order valence-electron chi connectivity index (χ3n) is 1.36. The Hall–Kier alpha value is 1.39. The number of phosphoric ester groups is 3. The van der Waals surface area contributed by atoms with Crippen molar-refractivity contribution in [2.45, 2.75) is 40.0 Å². The molecule has 0 aliphatic heterocycles. The molecule has 17 heteroatoms. The topological polar surface area (TPSA) is 217 Å². The molecule has 150 valence electrons. The second-order valence-corrected chi connectivity index (χ2v) is 7.30. The van der Waals surface area contributed by atoms with Gasteiger partial charge in [0, 0.05) is 0 Å². The Morgan fingerprint density at radius 2 is 0.692 bits per heavy atom. The molecule has 0 aromatic carbocycles. The van der Waals surface area contributed by atoms with Crippen molar-refractivity contribution < 1.29 is 56.6 Å². The van der Waals surface area contributed by atoms with Crippen LogP contribution in [0.5, 0.6) is 0 Å². The minimum absolute atomic E-state index is 0. The van der Waals surface area contributed by atoms with Gasteiger partial charge in [-0.2, -0.15) is 0 Å². The smallest absolute Gasteiger partial charge is 0.790 e. The molecule has 0 saturated carbocycles. The molecule has 0 spiro atoms. The van der Waals surface area contributed by atoms with Crippen molar-refractivity contribution in [1.82, 2.24) is 0 Å². The summed E-state index contributed by atoms with van der Waals surface area (Å²) in [5.74, 6) is 0. The molecule has 0 unspecified atom stereocenters. The van der Waals surface area contributed by atoms with E-state index in [9.17, 15) is 43.1 Å². The molecule has 0 heterocycles. The average molecular weight is 468 g/mol. The molecule has 0 N–H and O–H groups in total. The molecule has 0 fully saturated rings. The molecule has 0 aliphatic rings. The molecule has 0 rings (SSSR count). The number of hydrogen-bond donors (Lipinski definition) is 0. The minimum Gasteiger partial charge on any atom is -0.790 e. The number of rotatable bonds is 9. The summed E-state index contributed by atoms with van der Waals surface area (Å²) in [6.45, 7) is 5.12. The van der Waals surface area contributed by atoms with Crippen LogP contribution in [0.4, 0.5) is 0 Å². The summed E-state index contributed by atoms with van der Waals surface area (Å²) >= 11 is 0. The maximum atomic E-state index is 9.64. The zero-order valence-corrected chi connectivity index (χ0v) is 19.6. The maximum absolute atomic E-state index is 9.64. The first kappa shape index (κ1) is 38.1. The van der Waals surface area contributed by atoms with Crippen LogP contribution >= 0.6 is 23.5 Å². The van der Waals surface area contributed by atoms with E-state index in [1.54, 1.807) is 20.8 Å². The van der Waals surface area contributed by atoms with Gasteiger partial charge in [0.25, 0.3) is 0 Å². The maximum Gasteiger partial charge on any atom is 3.00 e. The predicted molar refractivity (Wildman–Crippen MR) is 83.1 cm³/mol. The molecule has 0 aliphatic carbocycles. The first-order valence-electron chi connectivity index (χ1n) is 6.68. The summed E-state index contributed by atoms with van der Waals surface area (Å²) in [4.78, 5) is 57.8. The van der Waals surface area contributed by atoms with E-state index < -0.39 is 23.5 Å². The molecule has 0 saturated heterocycles. The van der Waals surface area contributed by atoms with Crippen LogP contribution in [0.2, 0.25) is 0 Å². The quantitative estimate of drug-likeness (QED) is 0.244. The van der Waals surface area contributed by atoms with E-state index >= 15 is 0 Å². The number of hydrogen-bond acceptors (Lipinski definition) is 12. The van der Waals surface area contributed by atoms with Crippen molar-refractivity contribution in [2.75, 3.05) is 19.8 Å². The Kier molecular flexibility index (Phi) is 30.9. The van der Waals surface area contributed by atoms with Crippen LogP contribution < -0.4 is 29.4 Å². The van der Waals surface area contributed by atoms with E-state index in [0.717, 1.165) is 0 Å². The third kappa shape index (κ3) is 56.2. The molecule has 0 aromatic heterocycles.